The summed E-state index contributed by atoms with van der Waals surface area (Å²) in [5.74, 6) is -0.206. The molecule has 2 heterocycles. The molecule has 0 saturated carbocycles. The van der Waals surface area contributed by atoms with E-state index in [-0.39, 0.29) is 5.75 Å². The highest BCUT2D eigenvalue weighted by Gasteiger charge is 2.45. The van der Waals surface area contributed by atoms with Crippen LogP contribution in [0.2, 0.25) is 0 Å². The van der Waals surface area contributed by atoms with E-state index in [1.807, 2.05) is 11.8 Å². The summed E-state index contributed by atoms with van der Waals surface area (Å²) in [5, 5.41) is 11.6. The Balaban J connectivity index is 1.99. The van der Waals surface area contributed by atoms with Gasteiger partial charge in [-0.2, -0.15) is 24.9 Å². The van der Waals surface area contributed by atoms with E-state index in [9.17, 15) is 18.3 Å². The number of ether oxygens (including phenoxy) is 1. The normalized spacial score (nSPS) is 32.2. The Morgan fingerprint density at radius 2 is 1.86 bits per heavy atom. The first kappa shape index (κ1) is 15.0. The molecule has 2 saturated heterocycles. The fourth-order valence-electron chi connectivity index (χ4n) is 3.37. The number of rotatable bonds is 2. The van der Waals surface area contributed by atoms with E-state index in [2.05, 4.69) is 0 Å². The second-order valence-corrected chi connectivity index (χ2v) is 7.42. The van der Waals surface area contributed by atoms with Gasteiger partial charge in [0.05, 0.1) is 18.3 Å². The van der Waals surface area contributed by atoms with Gasteiger partial charge in [-0.1, -0.05) is 6.07 Å². The first-order valence-electron chi connectivity index (χ1n) is 6.95. The van der Waals surface area contributed by atoms with Crippen molar-refractivity contribution in [2.45, 2.75) is 48.0 Å². The van der Waals surface area contributed by atoms with Crippen LogP contribution in [0, 0.1) is 0 Å². The maximum Gasteiger partial charge on any atom is 0.419 e. The fraction of sp³-hybridized carbons (Fsp3) is 0.600. The SMILES string of the molecule is COc1ccc(C2(O)CC3CCC(C2)S3)cc1C(F)(F)F. The number of methoxy groups -OCH3 is 1. The summed E-state index contributed by atoms with van der Waals surface area (Å²) in [5.41, 5.74) is -1.61. The Bertz CT molecular complexity index is 532. The second kappa shape index (κ2) is 5.09. The van der Waals surface area contributed by atoms with Crippen molar-refractivity contribution in [3.63, 3.8) is 0 Å². The molecule has 0 radical (unpaired) electrons. The van der Waals surface area contributed by atoms with E-state index in [4.69, 9.17) is 4.74 Å². The Morgan fingerprint density at radius 3 is 2.38 bits per heavy atom. The number of fused-ring (bicyclic) bond motifs is 2. The van der Waals surface area contributed by atoms with Crippen LogP contribution < -0.4 is 4.74 Å². The molecule has 2 aliphatic rings. The largest absolute Gasteiger partial charge is 0.496 e. The van der Waals surface area contributed by atoms with Gasteiger partial charge in [-0.25, -0.2) is 0 Å². The van der Waals surface area contributed by atoms with Gasteiger partial charge in [0.15, 0.2) is 0 Å². The molecule has 1 aromatic rings. The molecule has 0 aromatic heterocycles. The van der Waals surface area contributed by atoms with E-state index >= 15 is 0 Å². The number of alkyl halides is 3. The standard InChI is InChI=1S/C15H17F3O2S/c1-20-13-5-2-9(6-12(13)15(16,17)18)14(19)7-10-3-4-11(8-14)21-10/h2,5-6,10-11,19H,3-4,7-8H2,1H3. The molecular formula is C15H17F3O2S. The molecule has 3 rings (SSSR count). The summed E-state index contributed by atoms with van der Waals surface area (Å²) in [7, 11) is 1.22. The first-order valence-corrected chi connectivity index (χ1v) is 7.90. The van der Waals surface area contributed by atoms with Crippen LogP contribution in [0.1, 0.15) is 36.8 Å². The third-order valence-electron chi connectivity index (χ3n) is 4.37. The van der Waals surface area contributed by atoms with E-state index in [1.54, 1.807) is 6.07 Å². The van der Waals surface area contributed by atoms with Gasteiger partial charge in [-0.3, -0.25) is 0 Å². The molecule has 1 N–H and O–H groups in total. The molecule has 0 aliphatic carbocycles. The summed E-state index contributed by atoms with van der Waals surface area (Å²) in [6.45, 7) is 0. The van der Waals surface area contributed by atoms with Crippen LogP contribution in [0.25, 0.3) is 0 Å². The van der Waals surface area contributed by atoms with E-state index in [0.29, 0.717) is 28.9 Å². The monoisotopic (exact) mass is 318 g/mol. The number of hydrogen-bond acceptors (Lipinski definition) is 3. The van der Waals surface area contributed by atoms with Crippen molar-refractivity contribution in [2.75, 3.05) is 7.11 Å². The van der Waals surface area contributed by atoms with Gasteiger partial charge in [-0.15, -0.1) is 0 Å². The number of benzene rings is 1. The van der Waals surface area contributed by atoms with Crippen LogP contribution in [0.4, 0.5) is 13.2 Å². The molecule has 21 heavy (non-hydrogen) atoms. The third-order valence-corrected chi connectivity index (χ3v) is 5.94. The number of aliphatic hydroxyl groups is 1. The van der Waals surface area contributed by atoms with E-state index in [1.165, 1.54) is 13.2 Å². The van der Waals surface area contributed by atoms with Crippen molar-refractivity contribution in [2.24, 2.45) is 0 Å². The highest BCUT2D eigenvalue weighted by Crippen LogP contribution is 2.52. The zero-order valence-corrected chi connectivity index (χ0v) is 12.4. The minimum Gasteiger partial charge on any atom is -0.496 e. The van der Waals surface area contributed by atoms with Crippen molar-refractivity contribution >= 4 is 11.8 Å². The molecule has 1 aromatic carbocycles. The summed E-state index contributed by atoms with van der Waals surface area (Å²) in [6, 6.07) is 3.91. The molecule has 2 fully saturated rings. The van der Waals surface area contributed by atoms with Crippen LogP contribution in [0.5, 0.6) is 5.75 Å². The van der Waals surface area contributed by atoms with Gasteiger partial charge in [-0.05, 0) is 43.4 Å². The van der Waals surface area contributed by atoms with Crippen LogP contribution in [-0.2, 0) is 11.8 Å². The lowest BCUT2D eigenvalue weighted by Gasteiger charge is -2.36. The summed E-state index contributed by atoms with van der Waals surface area (Å²) in [4.78, 5) is 0. The minimum atomic E-state index is -4.49. The molecule has 2 atom stereocenters. The summed E-state index contributed by atoms with van der Waals surface area (Å²) < 4.78 is 44.1. The second-order valence-electron chi connectivity index (χ2n) is 5.81. The Hall–Kier alpha value is -0.880. The highest BCUT2D eigenvalue weighted by molar-refractivity contribution is 8.00. The lowest BCUT2D eigenvalue weighted by molar-refractivity contribution is -0.139. The molecular weight excluding hydrogens is 301 g/mol. The molecule has 2 unspecified atom stereocenters. The zero-order chi connectivity index (χ0) is 15.3. The predicted molar refractivity (Wildman–Crippen MR) is 75.5 cm³/mol. The van der Waals surface area contributed by atoms with Gasteiger partial charge >= 0.3 is 6.18 Å². The molecule has 2 bridgehead atoms. The summed E-state index contributed by atoms with van der Waals surface area (Å²) >= 11 is 1.86. The number of thioether (sulfide) groups is 1. The summed E-state index contributed by atoms with van der Waals surface area (Å²) in [6.07, 6.45) is -1.35. The predicted octanol–water partition coefficient (Wildman–Crippen LogP) is 3.96. The topological polar surface area (TPSA) is 29.5 Å². The number of halogens is 3. The third kappa shape index (κ3) is 2.75. The first-order chi connectivity index (χ1) is 9.82. The molecule has 2 nitrogen and oxygen atoms in total. The minimum absolute atomic E-state index is 0.206. The fourth-order valence-corrected chi connectivity index (χ4v) is 5.20. The average molecular weight is 318 g/mol. The van der Waals surface area contributed by atoms with Gasteiger partial charge < -0.3 is 9.84 Å². The van der Waals surface area contributed by atoms with Crippen LogP contribution in [0.3, 0.4) is 0 Å². The van der Waals surface area contributed by atoms with Crippen molar-refractivity contribution in [1.29, 1.82) is 0 Å². The van der Waals surface area contributed by atoms with Crippen LogP contribution >= 0.6 is 11.8 Å². The molecule has 2 aliphatic heterocycles. The maximum atomic E-state index is 13.1. The van der Waals surface area contributed by atoms with Crippen LogP contribution in [0.15, 0.2) is 18.2 Å². The lowest BCUT2D eigenvalue weighted by Crippen LogP contribution is -2.34. The molecule has 0 spiro atoms. The lowest BCUT2D eigenvalue weighted by atomic mass is 9.85. The van der Waals surface area contributed by atoms with Crippen molar-refractivity contribution in [3.05, 3.63) is 29.3 Å². The maximum absolute atomic E-state index is 13.1. The van der Waals surface area contributed by atoms with Crippen LogP contribution in [-0.4, -0.2) is 22.7 Å². The molecule has 6 heteroatoms. The van der Waals surface area contributed by atoms with Gasteiger partial charge in [0, 0.05) is 10.5 Å². The van der Waals surface area contributed by atoms with Gasteiger partial charge in [0.1, 0.15) is 5.75 Å². The Morgan fingerprint density at radius 1 is 1.24 bits per heavy atom. The number of hydrogen-bond donors (Lipinski definition) is 1. The van der Waals surface area contributed by atoms with Gasteiger partial charge in [0.2, 0.25) is 0 Å². The van der Waals surface area contributed by atoms with E-state index in [0.717, 1.165) is 18.9 Å². The Kier molecular flexibility index (Phi) is 3.64. The average Bonchev–Trinajstić information content (AvgIpc) is 2.77. The highest BCUT2D eigenvalue weighted by atomic mass is 32.2. The zero-order valence-electron chi connectivity index (χ0n) is 11.6. The van der Waals surface area contributed by atoms with Crippen molar-refractivity contribution in [1.82, 2.24) is 0 Å². The molecule has 0 amide bonds. The van der Waals surface area contributed by atoms with E-state index < -0.39 is 17.3 Å². The van der Waals surface area contributed by atoms with Gasteiger partial charge in [0.25, 0.3) is 0 Å². The Labute approximate surface area is 125 Å². The smallest absolute Gasteiger partial charge is 0.419 e. The van der Waals surface area contributed by atoms with Crippen molar-refractivity contribution < 1.29 is 23.0 Å². The van der Waals surface area contributed by atoms with Crippen molar-refractivity contribution in [3.8, 4) is 5.75 Å². The molecule has 116 valence electrons. The quantitative estimate of drug-likeness (QED) is 0.895.